The van der Waals surface area contributed by atoms with E-state index >= 15 is 0 Å². The van der Waals surface area contributed by atoms with Gasteiger partial charge >= 0.3 is 5.97 Å². The Hall–Kier alpha value is -0.600. The highest BCUT2D eigenvalue weighted by Crippen LogP contribution is 2.32. The van der Waals surface area contributed by atoms with E-state index in [2.05, 4.69) is 0 Å². The summed E-state index contributed by atoms with van der Waals surface area (Å²) in [5.41, 5.74) is 0. The fraction of sp³-hybridized carbons (Fsp3) is 0.833. The number of carbonyl (C=O) groups is 1. The van der Waals surface area contributed by atoms with E-state index in [1.807, 2.05) is 0 Å². The van der Waals surface area contributed by atoms with Gasteiger partial charge in [0, 0.05) is 6.42 Å². The van der Waals surface area contributed by atoms with Gasteiger partial charge in [-0.2, -0.15) is 0 Å². The summed E-state index contributed by atoms with van der Waals surface area (Å²) in [6.45, 7) is 0. The second kappa shape index (κ2) is 2.33. The minimum absolute atomic E-state index is 0.109. The van der Waals surface area contributed by atoms with Gasteiger partial charge in [0.25, 0.3) is 0 Å². The molecule has 1 N–H and O–H groups in total. The molecular weight excluding hydrogens is 123 g/mol. The van der Waals surface area contributed by atoms with Crippen molar-refractivity contribution in [2.24, 2.45) is 5.92 Å². The Labute approximate surface area is 52.7 Å². The molecule has 1 rings (SSSR count). The zero-order valence-corrected chi connectivity index (χ0v) is 5.01. The Morgan fingerprint density at radius 2 is 2.22 bits per heavy atom. The van der Waals surface area contributed by atoms with Crippen molar-refractivity contribution in [3.63, 3.8) is 0 Å². The summed E-state index contributed by atoms with van der Waals surface area (Å²) in [6, 6.07) is 0. The van der Waals surface area contributed by atoms with Crippen molar-refractivity contribution in [3.05, 3.63) is 0 Å². The van der Waals surface area contributed by atoms with Gasteiger partial charge in [0.05, 0.1) is 0 Å². The molecule has 0 aromatic carbocycles. The number of rotatable bonds is 2. The topological polar surface area (TPSA) is 37.3 Å². The molecule has 0 aliphatic heterocycles. The van der Waals surface area contributed by atoms with Crippen LogP contribution in [0.15, 0.2) is 0 Å². The first-order valence-electron chi connectivity index (χ1n) is 3.04. The molecule has 9 heavy (non-hydrogen) atoms. The molecule has 0 aromatic rings. The van der Waals surface area contributed by atoms with Gasteiger partial charge in [-0.15, -0.1) is 0 Å². The summed E-state index contributed by atoms with van der Waals surface area (Å²) in [5.74, 6) is -0.704. The van der Waals surface area contributed by atoms with Gasteiger partial charge in [0.2, 0.25) is 0 Å². The monoisotopic (exact) mass is 132 g/mol. The predicted octanol–water partition coefficient (Wildman–Crippen LogP) is 1.21. The summed E-state index contributed by atoms with van der Waals surface area (Å²) < 4.78 is 12.0. The van der Waals surface area contributed by atoms with E-state index in [0.717, 1.165) is 0 Å². The highest BCUT2D eigenvalue weighted by atomic mass is 19.1. The van der Waals surface area contributed by atoms with Crippen LogP contribution in [0, 0.1) is 5.92 Å². The molecule has 0 radical (unpaired) electrons. The number of alkyl halides is 1. The van der Waals surface area contributed by atoms with Crippen molar-refractivity contribution in [2.75, 3.05) is 0 Å². The van der Waals surface area contributed by atoms with Crippen LogP contribution in [0.25, 0.3) is 0 Å². The number of carboxylic acid groups (broad SMARTS) is 1. The molecule has 0 amide bonds. The standard InChI is InChI=1S/C6H9FO2/c7-5-1-4(2-5)3-6(8)9/h4-5H,1-3H2,(H,8,9). The summed E-state index contributed by atoms with van der Waals surface area (Å²) in [4.78, 5) is 9.99. The molecule has 1 fully saturated rings. The SMILES string of the molecule is O=C(O)CC1CC(F)C1. The lowest BCUT2D eigenvalue weighted by molar-refractivity contribution is -0.139. The molecule has 2 nitrogen and oxygen atoms in total. The number of aliphatic carboxylic acids is 1. The van der Waals surface area contributed by atoms with Gasteiger partial charge in [0.1, 0.15) is 6.17 Å². The third-order valence-electron chi connectivity index (χ3n) is 1.64. The molecule has 0 spiro atoms. The Balaban J connectivity index is 2.11. The number of halogens is 1. The molecule has 3 heteroatoms. The lowest BCUT2D eigenvalue weighted by Crippen LogP contribution is -2.26. The maximum absolute atomic E-state index is 12.0. The summed E-state index contributed by atoms with van der Waals surface area (Å²) in [6.07, 6.45) is 0.313. The molecule has 0 saturated heterocycles. The summed E-state index contributed by atoms with van der Waals surface area (Å²) in [5, 5.41) is 8.21. The minimum atomic E-state index is -0.813. The fourth-order valence-electron chi connectivity index (χ4n) is 1.07. The minimum Gasteiger partial charge on any atom is -0.481 e. The molecule has 0 aromatic heterocycles. The van der Waals surface area contributed by atoms with Crippen LogP contribution in [-0.2, 0) is 4.79 Å². The highest BCUT2D eigenvalue weighted by molar-refractivity contribution is 5.67. The van der Waals surface area contributed by atoms with Crippen molar-refractivity contribution < 1.29 is 14.3 Å². The second-order valence-corrected chi connectivity index (χ2v) is 2.53. The maximum atomic E-state index is 12.0. The van der Waals surface area contributed by atoms with Crippen molar-refractivity contribution in [1.29, 1.82) is 0 Å². The van der Waals surface area contributed by atoms with E-state index in [4.69, 9.17) is 5.11 Å². The first-order chi connectivity index (χ1) is 4.18. The molecule has 0 heterocycles. The predicted molar refractivity (Wildman–Crippen MR) is 29.9 cm³/mol. The number of hydrogen-bond donors (Lipinski definition) is 1. The largest absolute Gasteiger partial charge is 0.481 e. The fourth-order valence-corrected chi connectivity index (χ4v) is 1.07. The maximum Gasteiger partial charge on any atom is 0.303 e. The van der Waals surface area contributed by atoms with Crippen LogP contribution in [-0.4, -0.2) is 17.2 Å². The van der Waals surface area contributed by atoms with Gasteiger partial charge in [0.15, 0.2) is 0 Å². The van der Waals surface area contributed by atoms with E-state index in [0.29, 0.717) is 12.8 Å². The molecule has 0 atom stereocenters. The second-order valence-electron chi connectivity index (χ2n) is 2.53. The van der Waals surface area contributed by atoms with E-state index < -0.39 is 12.1 Å². The van der Waals surface area contributed by atoms with Crippen LogP contribution >= 0.6 is 0 Å². The lowest BCUT2D eigenvalue weighted by atomic mass is 9.81. The van der Waals surface area contributed by atoms with E-state index in [1.165, 1.54) is 0 Å². The average Bonchev–Trinajstić information content (AvgIpc) is 1.60. The summed E-state index contributed by atoms with van der Waals surface area (Å²) in [7, 11) is 0. The Morgan fingerprint density at radius 3 is 2.56 bits per heavy atom. The Kier molecular flexibility index (Phi) is 1.69. The van der Waals surface area contributed by atoms with Crippen LogP contribution in [0.4, 0.5) is 4.39 Å². The van der Waals surface area contributed by atoms with Crippen molar-refractivity contribution >= 4 is 5.97 Å². The van der Waals surface area contributed by atoms with Crippen LogP contribution in [0.2, 0.25) is 0 Å². The van der Waals surface area contributed by atoms with E-state index in [9.17, 15) is 9.18 Å². The first-order valence-corrected chi connectivity index (χ1v) is 3.04. The van der Waals surface area contributed by atoms with Crippen LogP contribution in [0.5, 0.6) is 0 Å². The molecular formula is C6H9FO2. The van der Waals surface area contributed by atoms with Gasteiger partial charge in [-0.25, -0.2) is 4.39 Å². The molecule has 1 aliphatic rings. The zero-order chi connectivity index (χ0) is 6.85. The molecule has 52 valence electrons. The molecule has 1 saturated carbocycles. The third-order valence-corrected chi connectivity index (χ3v) is 1.64. The summed E-state index contributed by atoms with van der Waals surface area (Å²) >= 11 is 0. The quantitative estimate of drug-likeness (QED) is 0.613. The lowest BCUT2D eigenvalue weighted by Gasteiger charge is -2.27. The highest BCUT2D eigenvalue weighted by Gasteiger charge is 2.30. The van der Waals surface area contributed by atoms with Gasteiger partial charge in [-0.05, 0) is 18.8 Å². The average molecular weight is 132 g/mol. The first kappa shape index (κ1) is 6.52. The molecule has 0 bridgehead atoms. The van der Waals surface area contributed by atoms with Gasteiger partial charge < -0.3 is 5.11 Å². The van der Waals surface area contributed by atoms with Crippen molar-refractivity contribution in [1.82, 2.24) is 0 Å². The third kappa shape index (κ3) is 1.66. The Bertz CT molecular complexity index is 118. The van der Waals surface area contributed by atoms with Crippen LogP contribution in [0.3, 0.4) is 0 Å². The number of hydrogen-bond acceptors (Lipinski definition) is 1. The molecule has 1 aliphatic carbocycles. The smallest absolute Gasteiger partial charge is 0.303 e. The van der Waals surface area contributed by atoms with E-state index in [1.54, 1.807) is 0 Å². The Morgan fingerprint density at radius 1 is 1.67 bits per heavy atom. The number of carboxylic acids is 1. The van der Waals surface area contributed by atoms with Crippen molar-refractivity contribution in [3.8, 4) is 0 Å². The van der Waals surface area contributed by atoms with Gasteiger partial charge in [-0.3, -0.25) is 4.79 Å². The van der Waals surface area contributed by atoms with Gasteiger partial charge in [-0.1, -0.05) is 0 Å². The van der Waals surface area contributed by atoms with Crippen LogP contribution in [0.1, 0.15) is 19.3 Å². The van der Waals surface area contributed by atoms with Crippen molar-refractivity contribution in [2.45, 2.75) is 25.4 Å². The normalized spacial score (nSPS) is 33.4. The van der Waals surface area contributed by atoms with E-state index in [-0.39, 0.29) is 12.3 Å². The zero-order valence-electron chi connectivity index (χ0n) is 5.01. The van der Waals surface area contributed by atoms with Crippen LogP contribution < -0.4 is 0 Å². The molecule has 0 unspecified atom stereocenters.